The van der Waals surface area contributed by atoms with Gasteiger partial charge in [-0.05, 0) is 105 Å². The molecule has 0 N–H and O–H groups in total. The third kappa shape index (κ3) is 7.13. The number of likely N-dealkylation sites (N-methyl/N-ethyl adjacent to an activating group) is 1. The van der Waals surface area contributed by atoms with Crippen LogP contribution in [0.1, 0.15) is 62.3 Å². The van der Waals surface area contributed by atoms with Crippen molar-refractivity contribution in [2.24, 2.45) is 5.92 Å². The van der Waals surface area contributed by atoms with Gasteiger partial charge in [0, 0.05) is 50.5 Å². The zero-order chi connectivity index (χ0) is 34.1. The van der Waals surface area contributed by atoms with E-state index >= 15 is 4.39 Å². The summed E-state index contributed by atoms with van der Waals surface area (Å²) in [4.78, 5) is 34.0. The molecule has 0 spiro atoms. The van der Waals surface area contributed by atoms with Crippen LogP contribution in [0.3, 0.4) is 0 Å². The fraction of sp³-hybridized carbons (Fsp3) is 0.474. The van der Waals surface area contributed by atoms with Crippen LogP contribution in [0.25, 0.3) is 0 Å². The Bertz CT molecular complexity index is 1640. The van der Waals surface area contributed by atoms with Crippen LogP contribution in [0.2, 0.25) is 5.02 Å². The van der Waals surface area contributed by atoms with E-state index in [9.17, 15) is 9.59 Å². The van der Waals surface area contributed by atoms with Crippen molar-refractivity contribution >= 4 is 34.8 Å². The lowest BCUT2D eigenvalue weighted by Gasteiger charge is -2.41. The van der Waals surface area contributed by atoms with Crippen molar-refractivity contribution in [3.8, 4) is 11.5 Å². The number of methoxy groups -OCH3 is 1. The van der Waals surface area contributed by atoms with E-state index in [2.05, 4.69) is 9.80 Å². The second-order valence-electron chi connectivity index (χ2n) is 13.7. The van der Waals surface area contributed by atoms with Gasteiger partial charge in [0.05, 0.1) is 37.9 Å². The smallest absolute Gasteiger partial charge is 0.236 e. The monoisotopic (exact) mass is 676 g/mol. The summed E-state index contributed by atoms with van der Waals surface area (Å²) in [6.07, 6.45) is 4.31. The van der Waals surface area contributed by atoms with Crippen LogP contribution in [-0.4, -0.2) is 81.1 Å². The Morgan fingerprint density at radius 3 is 2.33 bits per heavy atom. The van der Waals surface area contributed by atoms with Crippen molar-refractivity contribution in [3.63, 3.8) is 0 Å². The number of fused-ring (bicyclic) bond motifs is 1. The summed E-state index contributed by atoms with van der Waals surface area (Å²) in [5.41, 5.74) is 3.48. The second kappa shape index (κ2) is 14.3. The molecule has 1 aliphatic carbocycles. The Morgan fingerprint density at radius 1 is 0.958 bits per heavy atom. The molecule has 0 aromatic heterocycles. The molecule has 2 amide bonds. The molecule has 3 aromatic rings. The number of amides is 2. The fourth-order valence-corrected chi connectivity index (χ4v) is 7.64. The number of halogens is 2. The summed E-state index contributed by atoms with van der Waals surface area (Å²) in [6, 6.07) is 16.1. The molecule has 1 saturated carbocycles. The molecule has 48 heavy (non-hydrogen) atoms. The predicted octanol–water partition coefficient (Wildman–Crippen LogP) is 6.72. The summed E-state index contributed by atoms with van der Waals surface area (Å²) >= 11 is 6.25. The van der Waals surface area contributed by atoms with Gasteiger partial charge in [-0.1, -0.05) is 23.7 Å². The van der Waals surface area contributed by atoms with Crippen LogP contribution >= 0.6 is 11.6 Å². The number of hydrogen-bond donors (Lipinski definition) is 0. The Hall–Kier alpha value is -3.82. The zero-order valence-corrected chi connectivity index (χ0v) is 29.3. The molecular formula is C38H46ClFN4O4. The quantitative estimate of drug-likeness (QED) is 0.251. The molecule has 2 aliphatic heterocycles. The Morgan fingerprint density at radius 2 is 1.69 bits per heavy atom. The van der Waals surface area contributed by atoms with Gasteiger partial charge in [-0.15, -0.1) is 0 Å². The molecule has 1 atom stereocenters. The Labute approximate surface area is 288 Å². The Balaban J connectivity index is 1.22. The van der Waals surface area contributed by atoms with Crippen molar-refractivity contribution in [2.75, 3.05) is 57.2 Å². The van der Waals surface area contributed by atoms with Crippen molar-refractivity contribution in [3.05, 3.63) is 82.1 Å². The van der Waals surface area contributed by atoms with E-state index in [4.69, 9.17) is 21.1 Å². The van der Waals surface area contributed by atoms with Crippen molar-refractivity contribution < 1.29 is 23.5 Å². The number of piperazine rings is 1. The van der Waals surface area contributed by atoms with Gasteiger partial charge >= 0.3 is 0 Å². The summed E-state index contributed by atoms with van der Waals surface area (Å²) < 4.78 is 28.0. The highest BCUT2D eigenvalue weighted by Crippen LogP contribution is 2.45. The normalized spacial score (nSPS) is 21.8. The lowest BCUT2D eigenvalue weighted by molar-refractivity contribution is -0.135. The van der Waals surface area contributed by atoms with Crippen molar-refractivity contribution in [1.82, 2.24) is 9.80 Å². The summed E-state index contributed by atoms with van der Waals surface area (Å²) in [7, 11) is 5.46. The standard InChI is InChI=1S/C38H46ClFN4O4/c1-24(2)48-35-21-31-27(18-34(35)47-5)19-36(45)44(38(31)26-8-10-28(39)11-9-26)33-15-14-30(20-32(33)40)42(4)22-25-6-12-29(13-7-25)43-17-16-41(3)37(46)23-43/h8-11,14-15,18,20-21,24-25,29,38H,6-7,12-13,16-17,19,22-23H2,1-5H3. The highest BCUT2D eigenvalue weighted by Gasteiger charge is 2.38. The first kappa shape index (κ1) is 34.1. The first-order valence-corrected chi connectivity index (χ1v) is 17.3. The molecule has 1 saturated heterocycles. The third-order valence-electron chi connectivity index (χ3n) is 10.1. The van der Waals surface area contributed by atoms with E-state index in [-0.39, 0.29) is 30.0 Å². The van der Waals surface area contributed by atoms with Gasteiger partial charge in [0.1, 0.15) is 5.82 Å². The molecule has 0 bridgehead atoms. The highest BCUT2D eigenvalue weighted by atomic mass is 35.5. The minimum absolute atomic E-state index is 0.0908. The topological polar surface area (TPSA) is 65.6 Å². The van der Waals surface area contributed by atoms with E-state index in [1.165, 1.54) is 0 Å². The molecule has 2 heterocycles. The molecule has 10 heteroatoms. The van der Waals surface area contributed by atoms with Crippen LogP contribution < -0.4 is 19.3 Å². The van der Waals surface area contributed by atoms with E-state index in [0.717, 1.165) is 67.7 Å². The summed E-state index contributed by atoms with van der Waals surface area (Å²) in [5.74, 6) is 1.16. The minimum atomic E-state index is -0.595. The maximum atomic E-state index is 16.2. The maximum absolute atomic E-state index is 16.2. The number of rotatable bonds is 9. The van der Waals surface area contributed by atoms with Gasteiger partial charge in [-0.25, -0.2) is 4.39 Å². The van der Waals surface area contributed by atoms with Crippen LogP contribution in [-0.2, 0) is 16.0 Å². The lowest BCUT2D eigenvalue weighted by Crippen LogP contribution is -2.53. The molecule has 3 aliphatic rings. The summed E-state index contributed by atoms with van der Waals surface area (Å²) in [6.45, 7) is 6.96. The Kier molecular flexibility index (Phi) is 10.2. The average Bonchev–Trinajstić information content (AvgIpc) is 3.06. The SMILES string of the molecule is COc1cc2c(cc1OC(C)C)C(c1ccc(Cl)cc1)N(c1ccc(N(C)CC3CCC(N4CCN(C)C(=O)C4)CC3)cc1F)C(=O)C2. The number of nitrogens with zero attached hydrogens (tertiary/aromatic N) is 4. The molecule has 2 fully saturated rings. The number of carbonyl (C=O) groups excluding carboxylic acids is 2. The van der Waals surface area contributed by atoms with Gasteiger partial charge in [0.25, 0.3) is 0 Å². The van der Waals surface area contributed by atoms with Gasteiger partial charge < -0.3 is 19.3 Å². The lowest BCUT2D eigenvalue weighted by atomic mass is 9.84. The van der Waals surface area contributed by atoms with Crippen LogP contribution in [0, 0.1) is 11.7 Å². The van der Waals surface area contributed by atoms with E-state index < -0.39 is 11.9 Å². The van der Waals surface area contributed by atoms with E-state index in [1.807, 2.05) is 63.2 Å². The zero-order valence-electron chi connectivity index (χ0n) is 28.5. The molecule has 1 unspecified atom stereocenters. The number of ether oxygens (including phenoxy) is 2. The van der Waals surface area contributed by atoms with Gasteiger partial charge in [0.2, 0.25) is 11.8 Å². The molecule has 8 nitrogen and oxygen atoms in total. The minimum Gasteiger partial charge on any atom is -0.493 e. The average molecular weight is 677 g/mol. The third-order valence-corrected chi connectivity index (χ3v) is 10.4. The number of hydrogen-bond acceptors (Lipinski definition) is 6. The largest absolute Gasteiger partial charge is 0.493 e. The molecular weight excluding hydrogens is 631 g/mol. The number of anilines is 2. The molecule has 256 valence electrons. The van der Waals surface area contributed by atoms with Crippen LogP contribution in [0.5, 0.6) is 11.5 Å². The van der Waals surface area contributed by atoms with Crippen LogP contribution in [0.15, 0.2) is 54.6 Å². The first-order chi connectivity index (χ1) is 23.0. The van der Waals surface area contributed by atoms with Gasteiger partial charge in [-0.3, -0.25) is 19.4 Å². The first-order valence-electron chi connectivity index (χ1n) is 17.0. The molecule has 6 rings (SSSR count). The highest BCUT2D eigenvalue weighted by molar-refractivity contribution is 6.30. The van der Waals surface area contributed by atoms with Gasteiger partial charge in [-0.2, -0.15) is 0 Å². The fourth-order valence-electron chi connectivity index (χ4n) is 7.51. The van der Waals surface area contributed by atoms with E-state index in [0.29, 0.717) is 35.0 Å². The van der Waals surface area contributed by atoms with Gasteiger partial charge in [0.15, 0.2) is 11.5 Å². The molecule has 3 aromatic carbocycles. The predicted molar refractivity (Wildman–Crippen MR) is 188 cm³/mol. The van der Waals surface area contributed by atoms with Crippen molar-refractivity contribution in [2.45, 2.75) is 64.1 Å². The summed E-state index contributed by atoms with van der Waals surface area (Å²) in [5, 5.41) is 0.577. The maximum Gasteiger partial charge on any atom is 0.236 e. The second-order valence-corrected chi connectivity index (χ2v) is 14.2. The van der Waals surface area contributed by atoms with E-state index in [1.54, 1.807) is 36.3 Å². The van der Waals surface area contributed by atoms with Crippen LogP contribution in [0.4, 0.5) is 15.8 Å². The van der Waals surface area contributed by atoms with Crippen molar-refractivity contribution in [1.29, 1.82) is 0 Å². The molecule has 0 radical (unpaired) electrons. The number of benzene rings is 3. The number of carbonyl (C=O) groups is 2.